The molecule has 3 fully saturated rings. The topological polar surface area (TPSA) is 64.2 Å². The number of pyridine rings is 1. The number of aromatic nitrogens is 1. The first kappa shape index (κ1) is 30.2. The van der Waals surface area contributed by atoms with Crippen molar-refractivity contribution >= 4 is 29.0 Å². The van der Waals surface area contributed by atoms with Crippen LogP contribution in [0.4, 0.5) is 23.4 Å². The smallest absolute Gasteiger partial charge is 0.398 e. The van der Waals surface area contributed by atoms with Crippen LogP contribution in [0.3, 0.4) is 0 Å². The Hall–Kier alpha value is -3.31. The number of aliphatic imine (C=N–C) groups is 1. The summed E-state index contributed by atoms with van der Waals surface area (Å²) >= 11 is 5.99. The van der Waals surface area contributed by atoms with E-state index in [2.05, 4.69) is 21.4 Å². The molecule has 0 unspecified atom stereocenters. The average molecular weight is 606 g/mol. The second-order valence-electron chi connectivity index (χ2n) is 10.9. The fourth-order valence-corrected chi connectivity index (χ4v) is 6.09. The van der Waals surface area contributed by atoms with Crippen LogP contribution in [0.2, 0.25) is 5.02 Å². The van der Waals surface area contributed by atoms with E-state index >= 15 is 0 Å². The Balaban J connectivity index is 1.34. The molecule has 2 N–H and O–H groups in total. The zero-order chi connectivity index (χ0) is 29.9. The Morgan fingerprint density at radius 3 is 2.33 bits per heavy atom. The number of alkyl halides is 3. The molecule has 4 heterocycles. The molecule has 3 aliphatic heterocycles. The third-order valence-corrected chi connectivity index (χ3v) is 8.55. The van der Waals surface area contributed by atoms with Crippen LogP contribution in [0.5, 0.6) is 0 Å². The first-order chi connectivity index (χ1) is 20.1. The monoisotopic (exact) mass is 605 g/mol. The number of nitrogens with zero attached hydrogens (tertiary/aromatic N) is 6. The van der Waals surface area contributed by atoms with Gasteiger partial charge in [0.25, 0.3) is 0 Å². The number of rotatable bonds is 6. The van der Waals surface area contributed by atoms with Gasteiger partial charge in [-0.3, -0.25) is 0 Å². The fraction of sp³-hybridized carbons (Fsp3) is 0.467. The highest BCUT2D eigenvalue weighted by atomic mass is 35.5. The van der Waals surface area contributed by atoms with Crippen molar-refractivity contribution in [1.29, 1.82) is 0 Å². The van der Waals surface area contributed by atoms with Crippen LogP contribution in [0.15, 0.2) is 60.0 Å². The van der Waals surface area contributed by atoms with Crippen molar-refractivity contribution in [1.82, 2.24) is 19.7 Å². The summed E-state index contributed by atoms with van der Waals surface area (Å²) in [6.45, 7) is 9.68. The van der Waals surface area contributed by atoms with E-state index in [0.717, 1.165) is 32.0 Å². The zero-order valence-corrected chi connectivity index (χ0v) is 24.2. The van der Waals surface area contributed by atoms with Gasteiger partial charge in [-0.15, -0.1) is 0 Å². The molecule has 0 saturated carbocycles. The van der Waals surface area contributed by atoms with Crippen LogP contribution in [0.25, 0.3) is 5.70 Å². The minimum atomic E-state index is -4.50. The van der Waals surface area contributed by atoms with E-state index in [0.29, 0.717) is 55.1 Å². The molecule has 0 spiro atoms. The zero-order valence-electron chi connectivity index (χ0n) is 23.5. The van der Waals surface area contributed by atoms with Gasteiger partial charge in [0.05, 0.1) is 10.6 Å². The van der Waals surface area contributed by atoms with E-state index in [1.54, 1.807) is 17.0 Å². The maximum atomic E-state index is 13.8. The fourth-order valence-electron chi connectivity index (χ4n) is 5.91. The molecule has 2 aromatic rings. The molecule has 1 aromatic carbocycles. The lowest BCUT2D eigenvalue weighted by atomic mass is 10.0. The molecule has 0 radical (unpaired) electrons. The summed E-state index contributed by atoms with van der Waals surface area (Å²) in [5.74, 6) is 0.523. The highest BCUT2D eigenvalue weighted by Crippen LogP contribution is 2.35. The molecule has 0 atom stereocenters. The molecule has 42 heavy (non-hydrogen) atoms. The lowest BCUT2D eigenvalue weighted by molar-refractivity contribution is -0.137. The van der Waals surface area contributed by atoms with Gasteiger partial charge in [-0.1, -0.05) is 18.2 Å². The molecule has 7 nitrogen and oxygen atoms in total. The minimum Gasteiger partial charge on any atom is -0.398 e. The van der Waals surface area contributed by atoms with E-state index in [4.69, 9.17) is 22.3 Å². The van der Waals surface area contributed by atoms with Gasteiger partial charge >= 0.3 is 6.18 Å². The molecule has 226 valence electrons. The molecule has 3 saturated heterocycles. The van der Waals surface area contributed by atoms with Crippen molar-refractivity contribution in [3.63, 3.8) is 0 Å². The second-order valence-corrected chi connectivity index (χ2v) is 11.3. The Kier molecular flexibility index (Phi) is 9.27. The van der Waals surface area contributed by atoms with Gasteiger partial charge in [0.1, 0.15) is 23.3 Å². The van der Waals surface area contributed by atoms with Crippen molar-refractivity contribution in [2.75, 3.05) is 57.3 Å². The largest absolute Gasteiger partial charge is 0.419 e. The van der Waals surface area contributed by atoms with E-state index in [1.807, 2.05) is 4.90 Å². The van der Waals surface area contributed by atoms with Gasteiger partial charge in [0, 0.05) is 63.3 Å². The van der Waals surface area contributed by atoms with Crippen molar-refractivity contribution in [2.24, 2.45) is 10.7 Å². The molecule has 1 aromatic heterocycles. The summed E-state index contributed by atoms with van der Waals surface area (Å²) < 4.78 is 54.7. The van der Waals surface area contributed by atoms with Gasteiger partial charge in [-0.2, -0.15) is 13.2 Å². The Bertz CT molecular complexity index is 1320. The van der Waals surface area contributed by atoms with Crippen LogP contribution in [0, 0.1) is 5.82 Å². The number of hydrogen-bond donors (Lipinski definition) is 1. The Morgan fingerprint density at radius 2 is 1.69 bits per heavy atom. The Labute approximate surface area is 248 Å². The second kappa shape index (κ2) is 12.9. The van der Waals surface area contributed by atoms with Gasteiger partial charge in [-0.25, -0.2) is 14.4 Å². The van der Waals surface area contributed by atoms with Crippen LogP contribution in [-0.2, 0) is 6.18 Å². The third-order valence-electron chi connectivity index (χ3n) is 8.26. The summed E-state index contributed by atoms with van der Waals surface area (Å²) in [5.41, 5.74) is 6.54. The standard InChI is InChI=1S/C30H36ClF4N7/c1-21(39-13-8-23(9-14-39)40-11-2-3-12-40)38-28(20-27(36)22-6-7-26(32)25(31)19-22)41-15-17-42(18-16-41)29-24(30(33,34)35)5-4-10-37-29/h4-7,10,19-20,23H,1-3,8-9,11-18,36H2/b27-20-,38-28?. The number of piperazine rings is 1. The van der Waals surface area contributed by atoms with E-state index in [9.17, 15) is 17.6 Å². The number of likely N-dealkylation sites (tertiary alicyclic amines) is 2. The molecule has 3 aliphatic rings. The lowest BCUT2D eigenvalue weighted by Crippen LogP contribution is -2.49. The predicted molar refractivity (Wildman–Crippen MR) is 159 cm³/mol. The van der Waals surface area contributed by atoms with Crippen molar-refractivity contribution in [3.8, 4) is 0 Å². The molecule has 0 bridgehead atoms. The molecular weight excluding hydrogens is 570 g/mol. The van der Waals surface area contributed by atoms with Crippen LogP contribution in [0.1, 0.15) is 36.8 Å². The third kappa shape index (κ3) is 7.00. The van der Waals surface area contributed by atoms with Crippen molar-refractivity contribution < 1.29 is 17.6 Å². The first-order valence-electron chi connectivity index (χ1n) is 14.3. The summed E-state index contributed by atoms with van der Waals surface area (Å²) in [6.07, 6.45) is 3.18. The van der Waals surface area contributed by atoms with E-state index in [1.165, 1.54) is 50.3 Å². The maximum absolute atomic E-state index is 13.8. The van der Waals surface area contributed by atoms with Crippen molar-refractivity contribution in [3.05, 3.63) is 77.0 Å². The summed E-state index contributed by atoms with van der Waals surface area (Å²) in [7, 11) is 0. The molecule has 0 aliphatic carbocycles. The van der Waals surface area contributed by atoms with Crippen LogP contribution < -0.4 is 10.6 Å². The van der Waals surface area contributed by atoms with Crippen LogP contribution >= 0.6 is 11.6 Å². The van der Waals surface area contributed by atoms with Gasteiger partial charge in [0.15, 0.2) is 0 Å². The SMILES string of the molecule is C=C(N=C(/C=C(\N)c1ccc(F)c(Cl)c1)N1CCN(c2ncccc2C(F)(F)F)CC1)N1CCC(N2CCCC2)CC1. The van der Waals surface area contributed by atoms with Gasteiger partial charge < -0.3 is 25.3 Å². The number of amidine groups is 1. The highest BCUT2D eigenvalue weighted by molar-refractivity contribution is 6.30. The predicted octanol–water partition coefficient (Wildman–Crippen LogP) is 5.44. The van der Waals surface area contributed by atoms with Crippen LogP contribution in [-0.4, -0.2) is 83.9 Å². The van der Waals surface area contributed by atoms with Gasteiger partial charge in [-0.05, 0) is 74.7 Å². The number of piperidine rings is 1. The number of benzene rings is 1. The number of nitrogens with two attached hydrogens (primary N) is 1. The normalized spacial score (nSPS) is 20.0. The number of anilines is 1. The van der Waals surface area contributed by atoms with Gasteiger partial charge in [0.2, 0.25) is 0 Å². The highest BCUT2D eigenvalue weighted by Gasteiger charge is 2.36. The summed E-state index contributed by atoms with van der Waals surface area (Å²) in [4.78, 5) is 17.3. The quantitative estimate of drug-likeness (QED) is 0.269. The lowest BCUT2D eigenvalue weighted by Gasteiger charge is -2.39. The molecular formula is C30H36ClF4N7. The van der Waals surface area contributed by atoms with E-state index < -0.39 is 17.6 Å². The summed E-state index contributed by atoms with van der Waals surface area (Å²) in [5, 5.41) is -0.0444. The average Bonchev–Trinajstić information content (AvgIpc) is 3.53. The van der Waals surface area contributed by atoms with E-state index in [-0.39, 0.29) is 10.8 Å². The van der Waals surface area contributed by atoms with Crippen molar-refractivity contribution in [2.45, 2.75) is 37.9 Å². The summed E-state index contributed by atoms with van der Waals surface area (Å²) in [6, 6.07) is 7.18. The number of hydrogen-bond acceptors (Lipinski definition) is 6. The first-order valence-corrected chi connectivity index (χ1v) is 14.7. The molecule has 5 rings (SSSR count). The minimum absolute atomic E-state index is 0.0444. The Morgan fingerprint density at radius 1 is 1.00 bits per heavy atom. The maximum Gasteiger partial charge on any atom is 0.419 e. The molecule has 0 amide bonds. The molecule has 12 heteroatoms. The number of halogens is 5.